The van der Waals surface area contributed by atoms with Crippen LogP contribution in [0.1, 0.15) is 31.2 Å². The van der Waals surface area contributed by atoms with E-state index in [1.54, 1.807) is 66.7 Å². The van der Waals surface area contributed by atoms with Crippen LogP contribution in [0.5, 0.6) is 0 Å². The van der Waals surface area contributed by atoms with Crippen LogP contribution in [-0.2, 0) is 0 Å². The number of hydrogen-bond donors (Lipinski definition) is 1. The van der Waals surface area contributed by atoms with E-state index in [-0.39, 0.29) is 11.3 Å². The fourth-order valence-electron chi connectivity index (χ4n) is 3.63. The van der Waals surface area contributed by atoms with Gasteiger partial charge in [-0.3, -0.25) is 19.2 Å². The zero-order chi connectivity index (χ0) is 22.9. The third kappa shape index (κ3) is 3.59. The van der Waals surface area contributed by atoms with E-state index in [4.69, 9.17) is 0 Å². The van der Waals surface area contributed by atoms with Gasteiger partial charge in [0.15, 0.2) is 0 Å². The van der Waals surface area contributed by atoms with Crippen molar-refractivity contribution >= 4 is 29.1 Å². The normalized spacial score (nSPS) is 12.5. The maximum absolute atomic E-state index is 12.8. The van der Waals surface area contributed by atoms with Gasteiger partial charge in [-0.1, -0.05) is 36.4 Å². The van der Waals surface area contributed by atoms with Crippen LogP contribution in [0.25, 0.3) is 5.69 Å². The summed E-state index contributed by atoms with van der Waals surface area (Å²) in [5.41, 5.74) is 1.57. The molecule has 0 fully saturated rings. The number of benzene rings is 3. The van der Waals surface area contributed by atoms with Gasteiger partial charge >= 0.3 is 0 Å². The van der Waals surface area contributed by atoms with Crippen molar-refractivity contribution in [3.8, 4) is 5.69 Å². The second kappa shape index (κ2) is 8.01. The molecule has 0 saturated carbocycles. The van der Waals surface area contributed by atoms with Crippen molar-refractivity contribution < 1.29 is 14.4 Å². The topological polar surface area (TPSA) is 101 Å². The highest BCUT2D eigenvalue weighted by molar-refractivity contribution is 6.34. The maximum Gasteiger partial charge on any atom is 0.276 e. The van der Waals surface area contributed by atoms with Gasteiger partial charge in [-0.15, -0.1) is 0 Å². The first-order valence-electron chi connectivity index (χ1n) is 10.1. The molecule has 2 heterocycles. The molecule has 0 radical (unpaired) electrons. The minimum atomic E-state index is -0.542. The lowest BCUT2D eigenvalue weighted by Gasteiger charge is -2.15. The fourth-order valence-corrected chi connectivity index (χ4v) is 3.63. The van der Waals surface area contributed by atoms with Gasteiger partial charge in [0, 0.05) is 11.8 Å². The minimum absolute atomic E-state index is 0.0320. The van der Waals surface area contributed by atoms with Gasteiger partial charge < -0.3 is 5.32 Å². The van der Waals surface area contributed by atoms with E-state index >= 15 is 0 Å². The summed E-state index contributed by atoms with van der Waals surface area (Å²) in [6.07, 6.45) is 0. The zero-order valence-electron chi connectivity index (χ0n) is 17.1. The van der Waals surface area contributed by atoms with Crippen LogP contribution < -0.4 is 15.8 Å². The summed E-state index contributed by atoms with van der Waals surface area (Å²) in [5.74, 6) is -1.38. The average molecular weight is 436 g/mol. The van der Waals surface area contributed by atoms with Crippen molar-refractivity contribution in [2.75, 3.05) is 10.2 Å². The van der Waals surface area contributed by atoms with Gasteiger partial charge in [0.25, 0.3) is 23.3 Å². The Balaban J connectivity index is 1.41. The Hall–Kier alpha value is -4.85. The Morgan fingerprint density at radius 1 is 0.697 bits per heavy atom. The average Bonchev–Trinajstić information content (AvgIpc) is 3.10. The molecule has 160 valence electrons. The van der Waals surface area contributed by atoms with Crippen LogP contribution in [-0.4, -0.2) is 27.5 Å². The molecule has 8 nitrogen and oxygen atoms in total. The van der Waals surface area contributed by atoms with E-state index in [1.165, 1.54) is 18.2 Å². The van der Waals surface area contributed by atoms with Gasteiger partial charge in [0.05, 0.1) is 22.5 Å². The molecular formula is C25H16N4O4. The lowest BCUT2D eigenvalue weighted by atomic mass is 10.1. The van der Waals surface area contributed by atoms with E-state index in [9.17, 15) is 19.2 Å². The van der Waals surface area contributed by atoms with Crippen LogP contribution in [0.2, 0.25) is 0 Å². The number of nitrogens with one attached hydrogen (secondary N) is 1. The van der Waals surface area contributed by atoms with Gasteiger partial charge in [-0.05, 0) is 48.5 Å². The van der Waals surface area contributed by atoms with Crippen molar-refractivity contribution in [3.63, 3.8) is 0 Å². The minimum Gasteiger partial charge on any atom is -0.321 e. The first kappa shape index (κ1) is 20.1. The van der Waals surface area contributed by atoms with Crippen molar-refractivity contribution in [1.82, 2.24) is 9.78 Å². The molecule has 1 N–H and O–H groups in total. The maximum atomic E-state index is 12.8. The summed E-state index contributed by atoms with van der Waals surface area (Å²) in [5, 5.41) is 6.87. The number of carbonyl (C=O) groups is 3. The summed E-state index contributed by atoms with van der Waals surface area (Å²) in [6, 6.07) is 24.4. The number of carbonyl (C=O) groups excluding carboxylic acids is 3. The molecule has 0 saturated heterocycles. The van der Waals surface area contributed by atoms with Gasteiger partial charge in [-0.25, -0.2) is 4.90 Å². The molecule has 3 amide bonds. The van der Waals surface area contributed by atoms with Crippen LogP contribution in [0.4, 0.5) is 11.4 Å². The highest BCUT2D eigenvalue weighted by atomic mass is 16.2. The second-order valence-electron chi connectivity index (χ2n) is 7.30. The lowest BCUT2D eigenvalue weighted by Crippen LogP contribution is -2.29. The molecule has 0 aliphatic carbocycles. The molecule has 4 aromatic rings. The van der Waals surface area contributed by atoms with Crippen LogP contribution >= 0.6 is 0 Å². The summed E-state index contributed by atoms with van der Waals surface area (Å²) >= 11 is 0. The molecule has 0 unspecified atom stereocenters. The third-order valence-corrected chi connectivity index (χ3v) is 5.19. The summed E-state index contributed by atoms with van der Waals surface area (Å²) < 4.78 is 1.14. The van der Waals surface area contributed by atoms with Crippen LogP contribution in [0.15, 0.2) is 95.8 Å². The third-order valence-electron chi connectivity index (χ3n) is 5.19. The van der Waals surface area contributed by atoms with E-state index in [2.05, 4.69) is 10.4 Å². The Morgan fingerprint density at radius 3 is 2.03 bits per heavy atom. The molecule has 0 atom stereocenters. The predicted octanol–water partition coefficient (Wildman–Crippen LogP) is 3.29. The smallest absolute Gasteiger partial charge is 0.276 e. The largest absolute Gasteiger partial charge is 0.321 e. The van der Waals surface area contributed by atoms with Crippen molar-refractivity contribution in [1.29, 1.82) is 0 Å². The molecule has 8 heteroatoms. The van der Waals surface area contributed by atoms with Gasteiger partial charge in [0.1, 0.15) is 5.69 Å². The summed E-state index contributed by atoms with van der Waals surface area (Å²) in [6.45, 7) is 0. The predicted molar refractivity (Wildman–Crippen MR) is 122 cm³/mol. The van der Waals surface area contributed by atoms with Gasteiger partial charge in [0.2, 0.25) is 0 Å². The van der Waals surface area contributed by atoms with E-state index in [0.717, 1.165) is 9.58 Å². The molecule has 33 heavy (non-hydrogen) atoms. The monoisotopic (exact) mass is 436 g/mol. The van der Waals surface area contributed by atoms with Crippen molar-refractivity contribution in [3.05, 3.63) is 118 Å². The number of amides is 3. The molecular weight excluding hydrogens is 420 g/mol. The van der Waals surface area contributed by atoms with E-state index < -0.39 is 17.7 Å². The molecule has 1 aliphatic rings. The SMILES string of the molecule is O=C(Nc1cccc(N2C(=O)c3ccccc3C2=O)c1)c1ccc(=O)n(-c2ccccc2)n1. The van der Waals surface area contributed by atoms with Gasteiger partial charge in [-0.2, -0.15) is 9.78 Å². The van der Waals surface area contributed by atoms with Crippen molar-refractivity contribution in [2.24, 2.45) is 0 Å². The quantitative estimate of drug-likeness (QED) is 0.495. The van der Waals surface area contributed by atoms with Crippen LogP contribution in [0, 0.1) is 0 Å². The number of nitrogens with zero attached hydrogens (tertiary/aromatic N) is 3. The van der Waals surface area contributed by atoms with Crippen LogP contribution in [0.3, 0.4) is 0 Å². The number of fused-ring (bicyclic) bond motifs is 1. The molecule has 1 aliphatic heterocycles. The first-order valence-corrected chi connectivity index (χ1v) is 10.1. The Labute approximate surface area is 187 Å². The summed E-state index contributed by atoms with van der Waals surface area (Å²) in [4.78, 5) is 51.6. The molecule has 0 spiro atoms. The molecule has 0 bridgehead atoms. The number of imide groups is 1. The number of aromatic nitrogens is 2. The number of para-hydroxylation sites is 1. The summed E-state index contributed by atoms with van der Waals surface area (Å²) in [7, 11) is 0. The Kier molecular flexibility index (Phi) is 4.87. The standard InChI is InChI=1S/C25H16N4O4/c30-22-14-13-21(27-29(22)17-8-2-1-3-9-17)23(31)26-16-7-6-10-18(15-16)28-24(32)19-11-4-5-12-20(19)25(28)33/h1-15H,(H,26,31). The lowest BCUT2D eigenvalue weighted by molar-refractivity contribution is 0.0925. The first-order chi connectivity index (χ1) is 16.0. The highest BCUT2D eigenvalue weighted by Crippen LogP contribution is 2.29. The molecule has 1 aromatic heterocycles. The van der Waals surface area contributed by atoms with Crippen molar-refractivity contribution in [2.45, 2.75) is 0 Å². The number of hydrogen-bond acceptors (Lipinski definition) is 5. The fraction of sp³-hybridized carbons (Fsp3) is 0. The molecule has 5 rings (SSSR count). The highest BCUT2D eigenvalue weighted by Gasteiger charge is 2.36. The number of rotatable bonds is 4. The second-order valence-corrected chi connectivity index (χ2v) is 7.30. The van der Waals surface area contributed by atoms with E-state index in [0.29, 0.717) is 28.2 Å². The van der Waals surface area contributed by atoms with E-state index in [1.807, 2.05) is 6.07 Å². The number of anilines is 2. The molecule has 3 aromatic carbocycles. The zero-order valence-corrected chi connectivity index (χ0v) is 17.1. The Bertz CT molecular complexity index is 1440. The Morgan fingerprint density at radius 2 is 1.33 bits per heavy atom.